The molecule has 8 heteroatoms. The number of aromatic nitrogens is 1. The van der Waals surface area contributed by atoms with Crippen LogP contribution in [0.1, 0.15) is 36.9 Å². The molecule has 0 spiro atoms. The molecule has 1 fully saturated rings. The van der Waals surface area contributed by atoms with Crippen molar-refractivity contribution in [2.24, 2.45) is 0 Å². The van der Waals surface area contributed by atoms with E-state index in [2.05, 4.69) is 9.88 Å². The van der Waals surface area contributed by atoms with Crippen LogP contribution in [-0.4, -0.2) is 49.4 Å². The molecule has 0 aliphatic carbocycles. The highest BCUT2D eigenvalue weighted by atomic mass is 35.5. The fourth-order valence-corrected chi connectivity index (χ4v) is 4.81. The van der Waals surface area contributed by atoms with Gasteiger partial charge in [0.1, 0.15) is 0 Å². The minimum absolute atomic E-state index is 0.0271. The number of hydrogen-bond acceptors (Lipinski definition) is 6. The number of halogens is 1. The van der Waals surface area contributed by atoms with E-state index in [0.29, 0.717) is 36.2 Å². The van der Waals surface area contributed by atoms with Gasteiger partial charge in [0, 0.05) is 31.5 Å². The molecule has 152 valence electrons. The summed E-state index contributed by atoms with van der Waals surface area (Å²) in [6.07, 6.45) is 4.54. The number of rotatable bonds is 6. The molecule has 0 saturated carbocycles. The highest BCUT2D eigenvalue weighted by Gasteiger charge is 2.27. The highest BCUT2D eigenvalue weighted by molar-refractivity contribution is 7.90. The van der Waals surface area contributed by atoms with Crippen molar-refractivity contribution in [3.63, 3.8) is 0 Å². The molecule has 1 atom stereocenters. The van der Waals surface area contributed by atoms with Gasteiger partial charge in [0.25, 0.3) is 0 Å². The summed E-state index contributed by atoms with van der Waals surface area (Å²) < 4.78 is 29.9. The van der Waals surface area contributed by atoms with E-state index in [1.54, 1.807) is 6.07 Å². The number of piperidine rings is 1. The van der Waals surface area contributed by atoms with E-state index < -0.39 is 9.84 Å². The summed E-state index contributed by atoms with van der Waals surface area (Å²) >= 11 is 5.98. The number of ether oxygens (including phenoxy) is 1. The van der Waals surface area contributed by atoms with Crippen molar-refractivity contribution in [2.75, 3.05) is 26.0 Å². The van der Waals surface area contributed by atoms with Crippen molar-refractivity contribution in [3.05, 3.63) is 46.7 Å². The SMILES string of the molecule is CCOc1cc(CN2CCCC(c3ncc(Cl)cc3S(C)(=O)=O)C2)ccc1O. The Labute approximate surface area is 171 Å². The van der Waals surface area contributed by atoms with Crippen LogP contribution in [0.5, 0.6) is 11.5 Å². The number of pyridine rings is 1. The van der Waals surface area contributed by atoms with E-state index in [9.17, 15) is 13.5 Å². The maximum Gasteiger partial charge on any atom is 0.177 e. The molecule has 2 heterocycles. The van der Waals surface area contributed by atoms with Gasteiger partial charge < -0.3 is 9.84 Å². The third kappa shape index (κ3) is 4.96. The minimum atomic E-state index is -3.41. The number of benzene rings is 1. The van der Waals surface area contributed by atoms with Crippen LogP contribution in [0.4, 0.5) is 0 Å². The Morgan fingerprint density at radius 1 is 1.36 bits per heavy atom. The highest BCUT2D eigenvalue weighted by Crippen LogP contribution is 2.33. The van der Waals surface area contributed by atoms with Crippen LogP contribution in [0.3, 0.4) is 0 Å². The molecule has 1 aliphatic heterocycles. The topological polar surface area (TPSA) is 79.7 Å². The molecule has 28 heavy (non-hydrogen) atoms. The van der Waals surface area contributed by atoms with Crippen LogP contribution in [0.2, 0.25) is 5.02 Å². The van der Waals surface area contributed by atoms with Crippen molar-refractivity contribution < 1.29 is 18.3 Å². The Morgan fingerprint density at radius 2 is 2.14 bits per heavy atom. The van der Waals surface area contributed by atoms with Gasteiger partial charge in [-0.15, -0.1) is 0 Å². The zero-order valence-corrected chi connectivity index (χ0v) is 17.6. The molecule has 0 radical (unpaired) electrons. The molecule has 1 unspecified atom stereocenters. The average Bonchev–Trinajstić information content (AvgIpc) is 2.64. The predicted molar refractivity (Wildman–Crippen MR) is 109 cm³/mol. The van der Waals surface area contributed by atoms with Crippen LogP contribution in [-0.2, 0) is 16.4 Å². The van der Waals surface area contributed by atoms with Gasteiger partial charge in [0.15, 0.2) is 21.3 Å². The zero-order valence-electron chi connectivity index (χ0n) is 16.1. The largest absolute Gasteiger partial charge is 0.504 e. The van der Waals surface area contributed by atoms with Crippen LogP contribution < -0.4 is 4.74 Å². The van der Waals surface area contributed by atoms with Crippen LogP contribution in [0, 0.1) is 0 Å². The first-order valence-corrected chi connectivity index (χ1v) is 11.6. The van der Waals surface area contributed by atoms with Gasteiger partial charge >= 0.3 is 0 Å². The van der Waals surface area contributed by atoms with Gasteiger partial charge in [-0.1, -0.05) is 17.7 Å². The minimum Gasteiger partial charge on any atom is -0.504 e. The Hall–Kier alpha value is -1.83. The lowest BCUT2D eigenvalue weighted by molar-refractivity contribution is 0.197. The van der Waals surface area contributed by atoms with E-state index >= 15 is 0 Å². The van der Waals surface area contributed by atoms with E-state index in [1.165, 1.54) is 18.5 Å². The number of phenolic OH excluding ortho intramolecular Hbond substituents is 1. The van der Waals surface area contributed by atoms with Crippen molar-refractivity contribution in [2.45, 2.75) is 37.1 Å². The van der Waals surface area contributed by atoms with Gasteiger partial charge in [0.05, 0.1) is 22.2 Å². The second-order valence-electron chi connectivity index (χ2n) is 7.12. The maximum absolute atomic E-state index is 12.2. The predicted octanol–water partition coefficient (Wildman–Crippen LogP) is 3.62. The third-order valence-corrected chi connectivity index (χ3v) is 6.20. The molecule has 1 aliphatic rings. The third-order valence-electron chi connectivity index (χ3n) is 4.87. The number of likely N-dealkylation sites (tertiary alicyclic amines) is 1. The first-order valence-electron chi connectivity index (χ1n) is 9.30. The Bertz CT molecular complexity index is 949. The Balaban J connectivity index is 1.80. The molecular weight excluding hydrogens is 400 g/mol. The second-order valence-corrected chi connectivity index (χ2v) is 9.54. The lowest BCUT2D eigenvalue weighted by Gasteiger charge is -2.33. The van der Waals surface area contributed by atoms with Gasteiger partial charge in [-0.2, -0.15) is 0 Å². The molecule has 1 N–H and O–H groups in total. The molecule has 1 aromatic carbocycles. The average molecular weight is 425 g/mol. The summed E-state index contributed by atoms with van der Waals surface area (Å²) in [5, 5.41) is 10.2. The van der Waals surface area contributed by atoms with Gasteiger partial charge in [-0.25, -0.2) is 8.42 Å². The fourth-order valence-electron chi connectivity index (χ4n) is 3.64. The Morgan fingerprint density at radius 3 is 2.86 bits per heavy atom. The summed E-state index contributed by atoms with van der Waals surface area (Å²) in [5.41, 5.74) is 1.63. The zero-order chi connectivity index (χ0) is 20.3. The molecule has 1 aromatic heterocycles. The molecule has 6 nitrogen and oxygen atoms in total. The molecule has 1 saturated heterocycles. The summed E-state index contributed by atoms with van der Waals surface area (Å²) in [5.74, 6) is 0.636. The van der Waals surface area contributed by atoms with Crippen molar-refractivity contribution >= 4 is 21.4 Å². The van der Waals surface area contributed by atoms with Gasteiger partial charge in [-0.3, -0.25) is 9.88 Å². The van der Waals surface area contributed by atoms with E-state index in [1.807, 2.05) is 19.1 Å². The van der Waals surface area contributed by atoms with Crippen LogP contribution in [0.25, 0.3) is 0 Å². The number of nitrogens with zero attached hydrogens (tertiary/aromatic N) is 2. The smallest absolute Gasteiger partial charge is 0.177 e. The fraction of sp³-hybridized carbons (Fsp3) is 0.450. The molecule has 2 aromatic rings. The molecular formula is C20H25ClN2O4S. The molecule has 0 bridgehead atoms. The second kappa shape index (κ2) is 8.68. The number of phenols is 1. The molecule has 0 amide bonds. The normalized spacial score (nSPS) is 18.2. The quantitative estimate of drug-likeness (QED) is 0.762. The van der Waals surface area contributed by atoms with Gasteiger partial charge in [0.2, 0.25) is 0 Å². The first kappa shape index (κ1) is 20.9. The van der Waals surface area contributed by atoms with Crippen LogP contribution >= 0.6 is 11.6 Å². The molecule has 3 rings (SSSR count). The lowest BCUT2D eigenvalue weighted by Crippen LogP contribution is -2.34. The Kier molecular flexibility index (Phi) is 6.47. The summed E-state index contributed by atoms with van der Waals surface area (Å²) in [6.45, 7) is 4.68. The van der Waals surface area contributed by atoms with E-state index in [4.69, 9.17) is 16.3 Å². The summed E-state index contributed by atoms with van der Waals surface area (Å²) in [7, 11) is -3.41. The maximum atomic E-state index is 12.2. The van der Waals surface area contributed by atoms with Crippen molar-refractivity contribution in [1.29, 1.82) is 0 Å². The van der Waals surface area contributed by atoms with Gasteiger partial charge in [-0.05, 0) is 50.1 Å². The number of hydrogen-bond donors (Lipinski definition) is 1. The number of sulfone groups is 1. The number of aromatic hydroxyl groups is 1. The lowest BCUT2D eigenvalue weighted by atomic mass is 9.94. The van der Waals surface area contributed by atoms with E-state index in [0.717, 1.165) is 24.9 Å². The monoisotopic (exact) mass is 424 g/mol. The summed E-state index contributed by atoms with van der Waals surface area (Å²) in [6, 6.07) is 6.87. The first-order chi connectivity index (χ1) is 13.3. The standard InChI is InChI=1S/C20H25ClN2O4S/c1-3-27-18-9-14(6-7-17(18)24)12-23-8-4-5-15(13-23)20-19(28(2,25)26)10-16(21)11-22-20/h6-7,9-11,15,24H,3-5,8,12-13H2,1-2H3. The van der Waals surface area contributed by atoms with Crippen LogP contribution in [0.15, 0.2) is 35.4 Å². The van der Waals surface area contributed by atoms with Crippen molar-refractivity contribution in [1.82, 2.24) is 9.88 Å². The van der Waals surface area contributed by atoms with Crippen molar-refractivity contribution in [3.8, 4) is 11.5 Å². The van der Waals surface area contributed by atoms with E-state index in [-0.39, 0.29) is 16.6 Å². The summed E-state index contributed by atoms with van der Waals surface area (Å²) in [4.78, 5) is 6.86.